The lowest BCUT2D eigenvalue weighted by Gasteiger charge is -2.35. The number of nitrogens with zero attached hydrogens (tertiary/aromatic N) is 2. The minimum Gasteiger partial charge on any atom is -0.343 e. The summed E-state index contributed by atoms with van der Waals surface area (Å²) in [6.07, 6.45) is 1.10. The fourth-order valence-corrected chi connectivity index (χ4v) is 5.93. The van der Waals surface area contributed by atoms with Crippen LogP contribution >= 0.6 is 0 Å². The van der Waals surface area contributed by atoms with Gasteiger partial charge in [-0.3, -0.25) is 14.5 Å². The van der Waals surface area contributed by atoms with Gasteiger partial charge in [-0.15, -0.1) is 0 Å². The molecular weight excluding hydrogens is 420 g/mol. The highest BCUT2D eigenvalue weighted by Crippen LogP contribution is 2.26. The number of urea groups is 1. The van der Waals surface area contributed by atoms with E-state index >= 15 is 0 Å². The molecular formula is C21H30N4O5S. The van der Waals surface area contributed by atoms with Gasteiger partial charge in [0.05, 0.1) is 11.4 Å². The van der Waals surface area contributed by atoms with Crippen molar-refractivity contribution in [1.29, 1.82) is 0 Å². The summed E-state index contributed by atoms with van der Waals surface area (Å²) in [4.78, 5) is 39.4. The molecule has 0 spiro atoms. The van der Waals surface area contributed by atoms with E-state index in [2.05, 4.69) is 10.0 Å². The minimum atomic E-state index is -3.73. The van der Waals surface area contributed by atoms with Crippen LogP contribution in [0.1, 0.15) is 41.5 Å². The number of benzene rings is 1. The molecule has 0 unspecified atom stereocenters. The molecule has 0 aromatic heterocycles. The molecule has 9 nitrogen and oxygen atoms in total. The number of imide groups is 1. The van der Waals surface area contributed by atoms with Crippen molar-refractivity contribution in [1.82, 2.24) is 19.8 Å². The van der Waals surface area contributed by atoms with Gasteiger partial charge in [-0.05, 0) is 62.8 Å². The number of hydrogen-bond acceptors (Lipinski definition) is 5. The first-order chi connectivity index (χ1) is 14.5. The Morgan fingerprint density at radius 1 is 1.10 bits per heavy atom. The second-order valence-electron chi connectivity index (χ2n) is 8.27. The SMILES string of the molecule is Cc1cc(C)c(C)c(S(=O)(=O)NCCC(=O)N2CCC(N3C(=O)CNC3=O)CC2)c1C. The second-order valence-corrected chi connectivity index (χ2v) is 9.98. The van der Waals surface area contributed by atoms with Crippen LogP contribution < -0.4 is 10.0 Å². The molecule has 0 aliphatic carbocycles. The Bertz CT molecular complexity index is 971. The van der Waals surface area contributed by atoms with Gasteiger partial charge in [0.1, 0.15) is 0 Å². The Morgan fingerprint density at radius 3 is 2.19 bits per heavy atom. The largest absolute Gasteiger partial charge is 0.343 e. The highest BCUT2D eigenvalue weighted by atomic mass is 32.2. The molecule has 0 atom stereocenters. The van der Waals surface area contributed by atoms with E-state index in [1.165, 1.54) is 4.90 Å². The molecule has 0 bridgehead atoms. The maximum atomic E-state index is 12.9. The third-order valence-electron chi connectivity index (χ3n) is 6.26. The van der Waals surface area contributed by atoms with Crippen LogP contribution in [0.25, 0.3) is 0 Å². The first-order valence-electron chi connectivity index (χ1n) is 10.5. The number of carbonyl (C=O) groups excluding carboxylic acids is 3. The Labute approximate surface area is 183 Å². The lowest BCUT2D eigenvalue weighted by atomic mass is 10.0. The maximum absolute atomic E-state index is 12.9. The number of likely N-dealkylation sites (tertiary alicyclic amines) is 1. The fraction of sp³-hybridized carbons (Fsp3) is 0.571. The van der Waals surface area contributed by atoms with Crippen LogP contribution in [0.2, 0.25) is 0 Å². The Kier molecular flexibility index (Phi) is 6.70. The van der Waals surface area contributed by atoms with Crippen LogP contribution in [0, 0.1) is 27.7 Å². The highest BCUT2D eigenvalue weighted by Gasteiger charge is 2.37. The van der Waals surface area contributed by atoms with Crippen LogP contribution in [0.4, 0.5) is 4.79 Å². The molecule has 1 aromatic carbocycles. The topological polar surface area (TPSA) is 116 Å². The van der Waals surface area contributed by atoms with E-state index in [0.29, 0.717) is 37.1 Å². The van der Waals surface area contributed by atoms with Crippen molar-refractivity contribution in [2.75, 3.05) is 26.2 Å². The fourth-order valence-electron chi connectivity index (χ4n) is 4.28. The zero-order chi connectivity index (χ0) is 22.9. The van der Waals surface area contributed by atoms with E-state index in [4.69, 9.17) is 0 Å². The number of piperidine rings is 1. The zero-order valence-electron chi connectivity index (χ0n) is 18.4. The Hall–Kier alpha value is -2.46. The number of amides is 4. The van der Waals surface area contributed by atoms with Crippen molar-refractivity contribution >= 4 is 27.9 Å². The molecule has 3 rings (SSSR count). The van der Waals surface area contributed by atoms with E-state index in [1.54, 1.807) is 18.7 Å². The van der Waals surface area contributed by atoms with Gasteiger partial charge < -0.3 is 10.2 Å². The lowest BCUT2D eigenvalue weighted by Crippen LogP contribution is -2.49. The number of rotatable bonds is 6. The number of aryl methyl sites for hydroxylation is 2. The summed E-state index contributed by atoms with van der Waals surface area (Å²) < 4.78 is 28.3. The number of sulfonamides is 1. The van der Waals surface area contributed by atoms with Crippen molar-refractivity contribution < 1.29 is 22.8 Å². The lowest BCUT2D eigenvalue weighted by molar-refractivity contribution is -0.133. The normalized spacial score (nSPS) is 17.9. The predicted molar refractivity (Wildman–Crippen MR) is 115 cm³/mol. The summed E-state index contributed by atoms with van der Waals surface area (Å²) in [6, 6.07) is 1.39. The monoisotopic (exact) mass is 450 g/mol. The van der Waals surface area contributed by atoms with Gasteiger partial charge in [-0.2, -0.15) is 0 Å². The summed E-state index contributed by atoms with van der Waals surface area (Å²) >= 11 is 0. The van der Waals surface area contributed by atoms with E-state index in [0.717, 1.165) is 11.1 Å². The molecule has 10 heteroatoms. The first-order valence-corrected chi connectivity index (χ1v) is 12.0. The average Bonchev–Trinajstić information content (AvgIpc) is 3.04. The highest BCUT2D eigenvalue weighted by molar-refractivity contribution is 7.89. The summed E-state index contributed by atoms with van der Waals surface area (Å²) in [6.45, 7) is 8.25. The second kappa shape index (κ2) is 8.96. The van der Waals surface area contributed by atoms with Crippen molar-refractivity contribution in [3.05, 3.63) is 28.3 Å². The third-order valence-corrected chi connectivity index (χ3v) is 7.99. The molecule has 2 aliphatic rings. The maximum Gasteiger partial charge on any atom is 0.324 e. The summed E-state index contributed by atoms with van der Waals surface area (Å²) in [5, 5.41) is 2.51. The number of hydrogen-bond donors (Lipinski definition) is 2. The molecule has 2 fully saturated rings. The van der Waals surface area contributed by atoms with E-state index in [1.807, 2.05) is 19.9 Å². The molecule has 1 aromatic rings. The molecule has 0 saturated carbocycles. The van der Waals surface area contributed by atoms with Crippen molar-refractivity contribution in [3.63, 3.8) is 0 Å². The molecule has 2 aliphatic heterocycles. The van der Waals surface area contributed by atoms with Gasteiger partial charge >= 0.3 is 6.03 Å². The zero-order valence-corrected chi connectivity index (χ0v) is 19.3. The molecule has 31 heavy (non-hydrogen) atoms. The number of carbonyl (C=O) groups is 3. The van der Waals surface area contributed by atoms with Gasteiger partial charge in [-0.1, -0.05) is 6.07 Å². The Balaban J connectivity index is 1.54. The van der Waals surface area contributed by atoms with Crippen LogP contribution in [0.15, 0.2) is 11.0 Å². The third kappa shape index (κ3) is 4.74. The summed E-state index contributed by atoms with van der Waals surface area (Å²) in [5.41, 5.74) is 3.24. The molecule has 2 saturated heterocycles. The van der Waals surface area contributed by atoms with Gasteiger partial charge in [0.15, 0.2) is 0 Å². The smallest absolute Gasteiger partial charge is 0.324 e. The molecule has 170 valence electrons. The number of nitrogens with one attached hydrogen (secondary N) is 2. The Morgan fingerprint density at radius 2 is 1.68 bits per heavy atom. The van der Waals surface area contributed by atoms with Crippen LogP contribution in [0.3, 0.4) is 0 Å². The predicted octanol–water partition coefficient (Wildman–Crippen LogP) is 1.13. The van der Waals surface area contributed by atoms with E-state index < -0.39 is 10.0 Å². The first kappa shape index (κ1) is 23.2. The van der Waals surface area contributed by atoms with Crippen LogP contribution in [-0.2, 0) is 19.6 Å². The van der Waals surface area contributed by atoms with E-state index in [-0.39, 0.29) is 48.3 Å². The van der Waals surface area contributed by atoms with Gasteiger partial charge in [0.2, 0.25) is 21.8 Å². The average molecular weight is 451 g/mol. The summed E-state index contributed by atoms with van der Waals surface area (Å²) in [5.74, 6) is -0.381. The van der Waals surface area contributed by atoms with Crippen molar-refractivity contribution in [2.24, 2.45) is 0 Å². The van der Waals surface area contributed by atoms with Crippen molar-refractivity contribution in [2.45, 2.75) is 57.9 Å². The minimum absolute atomic E-state index is 0.0139. The van der Waals surface area contributed by atoms with Gasteiger partial charge in [0.25, 0.3) is 0 Å². The molecule has 2 N–H and O–H groups in total. The molecule has 2 heterocycles. The molecule has 4 amide bonds. The van der Waals surface area contributed by atoms with Gasteiger partial charge in [0, 0.05) is 32.1 Å². The van der Waals surface area contributed by atoms with Crippen LogP contribution in [0.5, 0.6) is 0 Å². The van der Waals surface area contributed by atoms with Crippen LogP contribution in [-0.4, -0.2) is 68.3 Å². The molecule has 0 radical (unpaired) electrons. The standard InChI is InChI=1S/C21H30N4O5S/c1-13-11-14(2)16(4)20(15(13)3)31(29,30)23-8-5-18(26)24-9-6-17(7-10-24)25-19(27)12-22-21(25)28/h11,17,23H,5-10,12H2,1-4H3,(H,22,28). The summed E-state index contributed by atoms with van der Waals surface area (Å²) in [7, 11) is -3.73. The van der Waals surface area contributed by atoms with Crippen molar-refractivity contribution in [3.8, 4) is 0 Å². The quantitative estimate of drug-likeness (QED) is 0.631. The van der Waals surface area contributed by atoms with E-state index in [9.17, 15) is 22.8 Å². The van der Waals surface area contributed by atoms with Gasteiger partial charge in [-0.25, -0.2) is 17.9 Å².